The van der Waals surface area contributed by atoms with Crippen LogP contribution in [0.15, 0.2) is 4.42 Å². The number of nitrogens with zero attached hydrogens (tertiary/aromatic N) is 4. The molecule has 1 aromatic rings. The van der Waals surface area contributed by atoms with Crippen LogP contribution >= 0.6 is 0 Å². The van der Waals surface area contributed by atoms with Gasteiger partial charge >= 0.3 is 6.01 Å². The van der Waals surface area contributed by atoms with E-state index in [4.69, 9.17) is 9.15 Å². The van der Waals surface area contributed by atoms with E-state index in [1.54, 1.807) is 7.11 Å². The van der Waals surface area contributed by atoms with E-state index < -0.39 is 0 Å². The second-order valence-electron chi connectivity index (χ2n) is 7.88. The zero-order chi connectivity index (χ0) is 17.3. The first-order chi connectivity index (χ1) is 12.2. The number of carbonyl (C=O) groups excluding carboxylic acids is 1. The summed E-state index contributed by atoms with van der Waals surface area (Å²) in [5.74, 6) is 1.53. The summed E-state index contributed by atoms with van der Waals surface area (Å²) in [6.07, 6.45) is 7.45. The quantitative estimate of drug-likeness (QED) is 0.812. The average molecular weight is 348 g/mol. The Bertz CT molecular complexity index is 615. The highest BCUT2D eigenvalue weighted by Gasteiger charge is 2.42. The highest BCUT2D eigenvalue weighted by Crippen LogP contribution is 2.41. The van der Waals surface area contributed by atoms with Gasteiger partial charge in [0.1, 0.15) is 0 Å². The minimum absolute atomic E-state index is 0.144. The molecule has 138 valence electrons. The second-order valence-corrected chi connectivity index (χ2v) is 7.88. The van der Waals surface area contributed by atoms with Crippen LogP contribution in [-0.4, -0.2) is 60.9 Å². The van der Waals surface area contributed by atoms with E-state index in [0.717, 1.165) is 44.8 Å². The SMILES string of the molecule is COCCN1C[C@]2(CCCN(c3nnc(C4CCC4)o3)C2)CCC1=O. The number of methoxy groups -OCH3 is 1. The highest BCUT2D eigenvalue weighted by atomic mass is 16.5. The lowest BCUT2D eigenvalue weighted by Gasteiger charge is -2.47. The summed E-state index contributed by atoms with van der Waals surface area (Å²) < 4.78 is 11.1. The van der Waals surface area contributed by atoms with Gasteiger partial charge in [-0.15, -0.1) is 5.10 Å². The Morgan fingerprint density at radius 1 is 1.24 bits per heavy atom. The Kier molecular flexibility index (Phi) is 4.67. The van der Waals surface area contributed by atoms with E-state index in [1.807, 2.05) is 4.90 Å². The van der Waals surface area contributed by atoms with Gasteiger partial charge in [0.2, 0.25) is 11.8 Å². The van der Waals surface area contributed by atoms with Crippen LogP contribution in [-0.2, 0) is 9.53 Å². The molecule has 4 rings (SSSR count). The zero-order valence-corrected chi connectivity index (χ0v) is 15.1. The number of aromatic nitrogens is 2. The first-order valence-corrected chi connectivity index (χ1v) is 9.54. The number of amides is 1. The van der Waals surface area contributed by atoms with Crippen LogP contribution in [0.25, 0.3) is 0 Å². The van der Waals surface area contributed by atoms with Gasteiger partial charge in [0.15, 0.2) is 0 Å². The summed E-state index contributed by atoms with van der Waals surface area (Å²) >= 11 is 0. The molecule has 1 saturated carbocycles. The maximum atomic E-state index is 12.2. The summed E-state index contributed by atoms with van der Waals surface area (Å²) in [7, 11) is 1.68. The molecule has 0 aromatic carbocycles. The largest absolute Gasteiger partial charge is 0.408 e. The molecular formula is C18H28N4O3. The van der Waals surface area contributed by atoms with Gasteiger partial charge in [-0.2, -0.15) is 0 Å². The lowest BCUT2D eigenvalue weighted by Crippen LogP contribution is -2.54. The van der Waals surface area contributed by atoms with E-state index >= 15 is 0 Å². The van der Waals surface area contributed by atoms with Gasteiger partial charge in [-0.1, -0.05) is 11.5 Å². The van der Waals surface area contributed by atoms with Crippen LogP contribution in [0.2, 0.25) is 0 Å². The number of rotatable bonds is 5. The first kappa shape index (κ1) is 16.8. The standard InChI is InChI=1S/C18H28N4O3/c1-24-11-10-21-12-18(8-6-15(21)23)7-3-9-22(13-18)17-20-19-16(25-17)14-4-2-5-14/h14H,2-13H2,1H3/t18-/m0/s1. The van der Waals surface area contributed by atoms with Gasteiger partial charge < -0.3 is 19.0 Å². The molecule has 1 spiro atoms. The van der Waals surface area contributed by atoms with E-state index in [9.17, 15) is 4.79 Å². The zero-order valence-electron chi connectivity index (χ0n) is 15.1. The molecule has 7 heteroatoms. The minimum atomic E-state index is 0.144. The van der Waals surface area contributed by atoms with Gasteiger partial charge in [0, 0.05) is 51.0 Å². The summed E-state index contributed by atoms with van der Waals surface area (Å²) in [6.45, 7) is 3.95. The number of likely N-dealkylation sites (tertiary alicyclic amines) is 1. The Balaban J connectivity index is 1.44. The Morgan fingerprint density at radius 2 is 2.12 bits per heavy atom. The van der Waals surface area contributed by atoms with Crippen molar-refractivity contribution >= 4 is 11.9 Å². The fraction of sp³-hybridized carbons (Fsp3) is 0.833. The number of piperidine rings is 2. The summed E-state index contributed by atoms with van der Waals surface area (Å²) in [5, 5.41) is 8.59. The first-order valence-electron chi connectivity index (χ1n) is 9.54. The van der Waals surface area contributed by atoms with E-state index in [1.165, 1.54) is 19.3 Å². The van der Waals surface area contributed by atoms with Crippen molar-refractivity contribution in [3.8, 4) is 0 Å². The number of carbonyl (C=O) groups is 1. The highest BCUT2D eigenvalue weighted by molar-refractivity contribution is 5.77. The summed E-state index contributed by atoms with van der Waals surface area (Å²) in [6, 6.07) is 0.668. The van der Waals surface area contributed by atoms with Crippen molar-refractivity contribution in [2.24, 2.45) is 5.41 Å². The Morgan fingerprint density at radius 3 is 2.88 bits per heavy atom. The summed E-state index contributed by atoms with van der Waals surface area (Å²) in [4.78, 5) is 16.4. The fourth-order valence-electron chi connectivity index (χ4n) is 4.39. The lowest BCUT2D eigenvalue weighted by atomic mass is 9.73. The maximum absolute atomic E-state index is 12.2. The number of anilines is 1. The third-order valence-electron chi connectivity index (χ3n) is 6.13. The number of ether oxygens (including phenoxy) is 1. The summed E-state index contributed by atoms with van der Waals surface area (Å²) in [5.41, 5.74) is 0.144. The van der Waals surface area contributed by atoms with Crippen molar-refractivity contribution in [1.29, 1.82) is 0 Å². The van der Waals surface area contributed by atoms with E-state index in [0.29, 0.717) is 31.5 Å². The smallest absolute Gasteiger partial charge is 0.318 e. The van der Waals surface area contributed by atoms with Crippen molar-refractivity contribution in [1.82, 2.24) is 15.1 Å². The molecule has 0 N–H and O–H groups in total. The molecule has 1 atom stereocenters. The van der Waals surface area contributed by atoms with Crippen LogP contribution in [0.3, 0.4) is 0 Å². The topological polar surface area (TPSA) is 71.7 Å². The molecule has 2 saturated heterocycles. The molecular weight excluding hydrogens is 320 g/mol. The van der Waals surface area contributed by atoms with Crippen molar-refractivity contribution in [3.05, 3.63) is 5.89 Å². The van der Waals surface area contributed by atoms with Gasteiger partial charge in [-0.25, -0.2) is 0 Å². The molecule has 3 fully saturated rings. The fourth-order valence-corrected chi connectivity index (χ4v) is 4.39. The Labute approximate surface area is 148 Å². The van der Waals surface area contributed by atoms with Gasteiger partial charge in [0.25, 0.3) is 0 Å². The Hall–Kier alpha value is -1.63. The molecule has 25 heavy (non-hydrogen) atoms. The van der Waals surface area contributed by atoms with Gasteiger partial charge in [-0.05, 0) is 32.1 Å². The maximum Gasteiger partial charge on any atom is 0.318 e. The molecule has 2 aliphatic heterocycles. The molecule has 0 bridgehead atoms. The van der Waals surface area contributed by atoms with Crippen LogP contribution < -0.4 is 4.90 Å². The molecule has 3 heterocycles. The van der Waals surface area contributed by atoms with Crippen LogP contribution in [0.5, 0.6) is 0 Å². The van der Waals surface area contributed by atoms with E-state index in [-0.39, 0.29) is 11.3 Å². The third-order valence-corrected chi connectivity index (χ3v) is 6.13. The monoisotopic (exact) mass is 348 g/mol. The van der Waals surface area contributed by atoms with Gasteiger partial charge in [0.05, 0.1) is 6.61 Å². The van der Waals surface area contributed by atoms with Crippen LogP contribution in [0, 0.1) is 5.41 Å². The second kappa shape index (κ2) is 6.94. The van der Waals surface area contributed by atoms with Crippen molar-refractivity contribution in [2.45, 2.75) is 50.9 Å². The molecule has 0 radical (unpaired) electrons. The van der Waals surface area contributed by atoms with Gasteiger partial charge in [-0.3, -0.25) is 4.79 Å². The average Bonchev–Trinajstić information content (AvgIpc) is 3.04. The minimum Gasteiger partial charge on any atom is -0.408 e. The third kappa shape index (κ3) is 3.38. The number of hydrogen-bond acceptors (Lipinski definition) is 6. The van der Waals surface area contributed by atoms with Crippen LogP contribution in [0.4, 0.5) is 6.01 Å². The molecule has 1 aromatic heterocycles. The predicted molar refractivity (Wildman–Crippen MR) is 92.5 cm³/mol. The van der Waals surface area contributed by atoms with Crippen molar-refractivity contribution < 1.29 is 13.9 Å². The van der Waals surface area contributed by atoms with Crippen molar-refractivity contribution in [2.75, 3.05) is 44.8 Å². The number of hydrogen-bond donors (Lipinski definition) is 0. The molecule has 1 amide bonds. The normalized spacial score (nSPS) is 27.8. The molecule has 1 aliphatic carbocycles. The molecule has 0 unspecified atom stereocenters. The van der Waals surface area contributed by atoms with Crippen molar-refractivity contribution in [3.63, 3.8) is 0 Å². The predicted octanol–water partition coefficient (Wildman–Crippen LogP) is 2.19. The molecule has 3 aliphatic rings. The van der Waals surface area contributed by atoms with E-state index in [2.05, 4.69) is 15.1 Å². The molecule has 7 nitrogen and oxygen atoms in total. The van der Waals surface area contributed by atoms with Crippen LogP contribution in [0.1, 0.15) is 56.8 Å². The lowest BCUT2D eigenvalue weighted by molar-refractivity contribution is -0.138.